The van der Waals surface area contributed by atoms with Crippen LogP contribution in [0.3, 0.4) is 0 Å². The summed E-state index contributed by atoms with van der Waals surface area (Å²) in [6, 6.07) is 15.3. The van der Waals surface area contributed by atoms with Crippen LogP contribution < -0.4 is 15.4 Å². The van der Waals surface area contributed by atoms with E-state index in [0.717, 1.165) is 5.69 Å². The van der Waals surface area contributed by atoms with E-state index in [1.54, 1.807) is 0 Å². The van der Waals surface area contributed by atoms with Crippen LogP contribution in [0.4, 0.5) is 11.4 Å². The van der Waals surface area contributed by atoms with Crippen LogP contribution in [0, 0.1) is 0 Å². The molecule has 0 heterocycles. The Balaban J connectivity index is 2.01. The molecule has 2 aromatic carbocycles. The summed E-state index contributed by atoms with van der Waals surface area (Å²) in [6.45, 7) is 10.9. The molecule has 2 N–H and O–H groups in total. The van der Waals surface area contributed by atoms with Gasteiger partial charge in [-0.1, -0.05) is 45.0 Å². The van der Waals surface area contributed by atoms with E-state index < -0.39 is 0 Å². The molecule has 0 spiro atoms. The monoisotopic (exact) mass is 340 g/mol. The van der Waals surface area contributed by atoms with Gasteiger partial charge in [0.15, 0.2) is 0 Å². The highest BCUT2D eigenvalue weighted by atomic mass is 16.5. The van der Waals surface area contributed by atoms with Gasteiger partial charge in [-0.25, -0.2) is 0 Å². The SMILES string of the molecule is CCOc1ccccc1NC(=O)C(C)Nc1ccc(C(C)(C)C)cc1. The van der Waals surface area contributed by atoms with Crippen molar-refractivity contribution in [2.24, 2.45) is 0 Å². The third kappa shape index (κ3) is 5.24. The van der Waals surface area contributed by atoms with Gasteiger partial charge in [-0.05, 0) is 49.1 Å². The van der Waals surface area contributed by atoms with Crippen LogP contribution in [0.15, 0.2) is 48.5 Å². The molecule has 1 unspecified atom stereocenters. The largest absolute Gasteiger partial charge is 0.492 e. The van der Waals surface area contributed by atoms with Crippen LogP contribution in [0.1, 0.15) is 40.2 Å². The van der Waals surface area contributed by atoms with Crippen molar-refractivity contribution in [3.63, 3.8) is 0 Å². The van der Waals surface area contributed by atoms with E-state index in [2.05, 4.69) is 43.5 Å². The molecular weight excluding hydrogens is 312 g/mol. The summed E-state index contributed by atoms with van der Waals surface area (Å²) in [5, 5.41) is 6.16. The van der Waals surface area contributed by atoms with Gasteiger partial charge < -0.3 is 15.4 Å². The molecular formula is C21H28N2O2. The van der Waals surface area contributed by atoms with Crippen molar-refractivity contribution in [2.45, 2.75) is 46.1 Å². The standard InChI is InChI=1S/C21H28N2O2/c1-6-25-19-10-8-7-9-18(19)23-20(24)15(2)22-17-13-11-16(12-14-17)21(3,4)5/h7-15,22H,6H2,1-5H3,(H,23,24). The van der Waals surface area contributed by atoms with Crippen LogP contribution in [0.2, 0.25) is 0 Å². The molecule has 4 heteroatoms. The first-order valence-electron chi connectivity index (χ1n) is 8.71. The first-order valence-corrected chi connectivity index (χ1v) is 8.71. The number of hydrogen-bond donors (Lipinski definition) is 2. The lowest BCUT2D eigenvalue weighted by atomic mass is 9.87. The Morgan fingerprint density at radius 3 is 2.32 bits per heavy atom. The number of rotatable bonds is 6. The van der Waals surface area contributed by atoms with Crippen molar-refractivity contribution < 1.29 is 9.53 Å². The zero-order chi connectivity index (χ0) is 18.4. The second kappa shape index (κ2) is 8.06. The van der Waals surface area contributed by atoms with Gasteiger partial charge in [-0.2, -0.15) is 0 Å². The smallest absolute Gasteiger partial charge is 0.246 e. The van der Waals surface area contributed by atoms with Crippen molar-refractivity contribution >= 4 is 17.3 Å². The second-order valence-electron chi connectivity index (χ2n) is 7.11. The first kappa shape index (κ1) is 18.8. The van der Waals surface area contributed by atoms with Crippen molar-refractivity contribution in [1.29, 1.82) is 0 Å². The average Bonchev–Trinajstić information content (AvgIpc) is 2.56. The van der Waals surface area contributed by atoms with E-state index in [0.29, 0.717) is 18.0 Å². The molecule has 0 radical (unpaired) electrons. The molecule has 4 nitrogen and oxygen atoms in total. The van der Waals surface area contributed by atoms with E-state index in [1.165, 1.54) is 5.56 Å². The summed E-state index contributed by atoms with van der Waals surface area (Å²) in [5.74, 6) is 0.576. The number of carbonyl (C=O) groups is 1. The summed E-state index contributed by atoms with van der Waals surface area (Å²) in [6.07, 6.45) is 0. The quantitative estimate of drug-likeness (QED) is 0.792. The number of ether oxygens (including phenoxy) is 1. The molecule has 0 aliphatic carbocycles. The zero-order valence-electron chi connectivity index (χ0n) is 15.7. The van der Waals surface area contributed by atoms with Crippen LogP contribution in [-0.2, 0) is 10.2 Å². The van der Waals surface area contributed by atoms with Crippen LogP contribution in [-0.4, -0.2) is 18.6 Å². The minimum atomic E-state index is -0.366. The summed E-state index contributed by atoms with van der Waals surface area (Å²) in [7, 11) is 0. The molecule has 0 saturated carbocycles. The Labute approximate surface area is 150 Å². The highest BCUT2D eigenvalue weighted by Crippen LogP contribution is 2.25. The van der Waals surface area contributed by atoms with Crippen LogP contribution in [0.5, 0.6) is 5.75 Å². The number of anilines is 2. The zero-order valence-corrected chi connectivity index (χ0v) is 15.7. The first-order chi connectivity index (χ1) is 11.8. The second-order valence-corrected chi connectivity index (χ2v) is 7.11. The lowest BCUT2D eigenvalue weighted by Crippen LogP contribution is -2.32. The fourth-order valence-electron chi connectivity index (χ4n) is 2.47. The molecule has 0 saturated heterocycles. The minimum Gasteiger partial charge on any atom is -0.492 e. The van der Waals surface area contributed by atoms with Crippen molar-refractivity contribution in [3.8, 4) is 5.75 Å². The maximum atomic E-state index is 12.5. The van der Waals surface area contributed by atoms with Crippen molar-refractivity contribution in [2.75, 3.05) is 17.2 Å². The molecule has 0 bridgehead atoms. The normalized spacial score (nSPS) is 12.4. The van der Waals surface area contributed by atoms with E-state index in [1.807, 2.05) is 50.2 Å². The summed E-state index contributed by atoms with van der Waals surface area (Å²) < 4.78 is 5.55. The molecule has 25 heavy (non-hydrogen) atoms. The van der Waals surface area contributed by atoms with Gasteiger partial charge in [-0.15, -0.1) is 0 Å². The number of para-hydroxylation sites is 2. The lowest BCUT2D eigenvalue weighted by molar-refractivity contribution is -0.116. The summed E-state index contributed by atoms with van der Waals surface area (Å²) in [4.78, 5) is 12.5. The Hall–Kier alpha value is -2.49. The summed E-state index contributed by atoms with van der Waals surface area (Å²) >= 11 is 0. The molecule has 2 aromatic rings. The van der Waals surface area contributed by atoms with Crippen LogP contribution in [0.25, 0.3) is 0 Å². The van der Waals surface area contributed by atoms with Gasteiger partial charge in [0.25, 0.3) is 0 Å². The molecule has 134 valence electrons. The third-order valence-corrected chi connectivity index (χ3v) is 3.97. The number of benzene rings is 2. The Morgan fingerprint density at radius 2 is 1.72 bits per heavy atom. The Kier molecular flexibility index (Phi) is 6.07. The number of amides is 1. The van der Waals surface area contributed by atoms with E-state index in [9.17, 15) is 4.79 Å². The highest BCUT2D eigenvalue weighted by molar-refractivity contribution is 5.97. The highest BCUT2D eigenvalue weighted by Gasteiger charge is 2.16. The Morgan fingerprint density at radius 1 is 1.08 bits per heavy atom. The van der Waals surface area contributed by atoms with Gasteiger partial charge in [0.1, 0.15) is 11.8 Å². The lowest BCUT2D eigenvalue weighted by Gasteiger charge is -2.20. The van der Waals surface area contributed by atoms with Crippen molar-refractivity contribution in [1.82, 2.24) is 0 Å². The summed E-state index contributed by atoms with van der Waals surface area (Å²) in [5.41, 5.74) is 2.99. The minimum absolute atomic E-state index is 0.105. The predicted molar refractivity (Wildman–Crippen MR) is 104 cm³/mol. The molecule has 2 rings (SSSR count). The average molecular weight is 340 g/mol. The van der Waals surface area contributed by atoms with Gasteiger partial charge >= 0.3 is 0 Å². The van der Waals surface area contributed by atoms with Gasteiger partial charge in [0.2, 0.25) is 5.91 Å². The topological polar surface area (TPSA) is 50.4 Å². The van der Waals surface area contributed by atoms with E-state index >= 15 is 0 Å². The molecule has 0 aliphatic heterocycles. The molecule has 0 fully saturated rings. The van der Waals surface area contributed by atoms with E-state index in [4.69, 9.17) is 4.74 Å². The maximum Gasteiger partial charge on any atom is 0.246 e. The van der Waals surface area contributed by atoms with Crippen LogP contribution >= 0.6 is 0 Å². The Bertz CT molecular complexity index is 703. The molecule has 0 aromatic heterocycles. The van der Waals surface area contributed by atoms with Gasteiger partial charge in [-0.3, -0.25) is 4.79 Å². The van der Waals surface area contributed by atoms with Gasteiger partial charge in [0.05, 0.1) is 12.3 Å². The third-order valence-electron chi connectivity index (χ3n) is 3.97. The van der Waals surface area contributed by atoms with Gasteiger partial charge in [0, 0.05) is 5.69 Å². The van der Waals surface area contributed by atoms with Crippen molar-refractivity contribution in [3.05, 3.63) is 54.1 Å². The number of hydrogen-bond acceptors (Lipinski definition) is 3. The molecule has 0 aliphatic rings. The fourth-order valence-corrected chi connectivity index (χ4v) is 2.47. The fraction of sp³-hybridized carbons (Fsp3) is 0.381. The molecule has 1 atom stereocenters. The maximum absolute atomic E-state index is 12.5. The number of carbonyl (C=O) groups excluding carboxylic acids is 1. The van der Waals surface area contributed by atoms with E-state index in [-0.39, 0.29) is 17.4 Å². The predicted octanol–water partition coefficient (Wildman–Crippen LogP) is 4.82. The molecule has 1 amide bonds. The number of nitrogens with one attached hydrogen (secondary N) is 2.